The Hall–Kier alpha value is -1.40. The van der Waals surface area contributed by atoms with Gasteiger partial charge in [0.2, 0.25) is 10.0 Å². The van der Waals surface area contributed by atoms with Crippen LogP contribution in [0, 0.1) is 0 Å². The summed E-state index contributed by atoms with van der Waals surface area (Å²) < 4.78 is 22.3. The number of primary sulfonamides is 1. The zero-order chi connectivity index (χ0) is 14.6. The molecule has 1 aliphatic rings. The highest BCUT2D eigenvalue weighted by molar-refractivity contribution is 7.89. The van der Waals surface area contributed by atoms with E-state index in [-0.39, 0.29) is 10.9 Å². The zero-order valence-corrected chi connectivity index (χ0v) is 12.1. The predicted molar refractivity (Wildman–Crippen MR) is 75.9 cm³/mol. The van der Waals surface area contributed by atoms with Crippen LogP contribution in [0.25, 0.3) is 0 Å². The van der Waals surface area contributed by atoms with E-state index in [9.17, 15) is 13.2 Å². The van der Waals surface area contributed by atoms with Gasteiger partial charge in [0.25, 0.3) is 0 Å². The van der Waals surface area contributed by atoms with E-state index in [1.54, 1.807) is 17.0 Å². The molecule has 1 aliphatic carbocycles. The standard InChI is InChI=1S/C14H19N2O3S/c15-20(18,19)14-8-6-12(7-9-14)10-16(11-17)13-4-2-1-3-5-13/h6-9,13H,1-5,10H2,(H2,15,18,19). The molecule has 1 amide bonds. The summed E-state index contributed by atoms with van der Waals surface area (Å²) in [6.07, 6.45) is 7.56. The van der Waals surface area contributed by atoms with Crippen molar-refractivity contribution in [2.45, 2.75) is 49.6 Å². The van der Waals surface area contributed by atoms with Gasteiger partial charge in [0.15, 0.2) is 0 Å². The van der Waals surface area contributed by atoms with Crippen LogP contribution in [0.1, 0.15) is 37.7 Å². The SMILES string of the molecule is NS(=O)(=O)c1ccc(CN([C]=O)C2CCCCC2)cc1. The molecule has 0 spiro atoms. The first-order valence-corrected chi connectivity index (χ1v) is 8.31. The smallest absolute Gasteiger partial charge is 0.312 e. The Balaban J connectivity index is 2.05. The Bertz CT molecular complexity index is 548. The lowest BCUT2D eigenvalue weighted by Crippen LogP contribution is -2.35. The second-order valence-corrected chi connectivity index (χ2v) is 6.76. The summed E-state index contributed by atoms with van der Waals surface area (Å²) in [5, 5.41) is 5.05. The topological polar surface area (TPSA) is 80.5 Å². The average Bonchev–Trinajstić information content (AvgIpc) is 2.45. The monoisotopic (exact) mass is 295 g/mol. The molecule has 0 bridgehead atoms. The number of benzene rings is 1. The van der Waals surface area contributed by atoms with Gasteiger partial charge >= 0.3 is 6.41 Å². The lowest BCUT2D eigenvalue weighted by molar-refractivity contribution is 0.228. The molecule has 0 aromatic heterocycles. The summed E-state index contributed by atoms with van der Waals surface area (Å²) in [5.41, 5.74) is 0.881. The van der Waals surface area contributed by atoms with E-state index >= 15 is 0 Å². The highest BCUT2D eigenvalue weighted by Gasteiger charge is 2.20. The Morgan fingerprint density at radius 2 is 1.75 bits per heavy atom. The first-order valence-electron chi connectivity index (χ1n) is 6.77. The van der Waals surface area contributed by atoms with Crippen LogP contribution >= 0.6 is 0 Å². The fourth-order valence-electron chi connectivity index (χ4n) is 2.61. The number of amides is 1. The third-order valence-electron chi connectivity index (χ3n) is 3.74. The first-order chi connectivity index (χ1) is 9.50. The van der Waals surface area contributed by atoms with Crippen molar-refractivity contribution in [1.82, 2.24) is 4.90 Å². The Morgan fingerprint density at radius 1 is 1.15 bits per heavy atom. The van der Waals surface area contributed by atoms with Crippen molar-refractivity contribution in [3.05, 3.63) is 29.8 Å². The van der Waals surface area contributed by atoms with Crippen LogP contribution in [0.15, 0.2) is 29.2 Å². The number of sulfonamides is 1. The van der Waals surface area contributed by atoms with E-state index in [2.05, 4.69) is 0 Å². The molecule has 1 aromatic carbocycles. The van der Waals surface area contributed by atoms with Gasteiger partial charge in [0, 0.05) is 12.6 Å². The second kappa shape index (κ2) is 6.37. The maximum atomic E-state index is 11.2. The van der Waals surface area contributed by atoms with Crippen molar-refractivity contribution in [3.63, 3.8) is 0 Å². The molecule has 0 heterocycles. The Kier molecular flexibility index (Phi) is 4.77. The average molecular weight is 295 g/mol. The maximum absolute atomic E-state index is 11.2. The van der Waals surface area contributed by atoms with Gasteiger partial charge in [0.05, 0.1) is 4.90 Å². The minimum Gasteiger partial charge on any atom is -0.327 e. The molecule has 109 valence electrons. The van der Waals surface area contributed by atoms with Crippen LogP contribution in [-0.2, 0) is 21.4 Å². The Morgan fingerprint density at radius 3 is 2.25 bits per heavy atom. The second-order valence-electron chi connectivity index (χ2n) is 5.20. The van der Waals surface area contributed by atoms with Crippen LogP contribution in [0.2, 0.25) is 0 Å². The zero-order valence-electron chi connectivity index (χ0n) is 11.3. The van der Waals surface area contributed by atoms with Crippen LogP contribution in [-0.4, -0.2) is 25.8 Å². The molecule has 6 heteroatoms. The number of rotatable bonds is 5. The number of hydrogen-bond donors (Lipinski definition) is 1. The maximum Gasteiger partial charge on any atom is 0.312 e. The summed E-state index contributed by atoms with van der Waals surface area (Å²) >= 11 is 0. The third kappa shape index (κ3) is 3.80. The lowest BCUT2D eigenvalue weighted by Gasteiger charge is -2.30. The van der Waals surface area contributed by atoms with Gasteiger partial charge in [-0.05, 0) is 30.5 Å². The van der Waals surface area contributed by atoms with Gasteiger partial charge < -0.3 is 4.90 Å². The minimum atomic E-state index is -3.67. The highest BCUT2D eigenvalue weighted by atomic mass is 32.2. The van der Waals surface area contributed by atoms with Crippen molar-refractivity contribution in [2.75, 3.05) is 0 Å². The van der Waals surface area contributed by atoms with Crippen LogP contribution in [0.3, 0.4) is 0 Å². The fraction of sp³-hybridized carbons (Fsp3) is 0.500. The molecule has 5 nitrogen and oxygen atoms in total. The van der Waals surface area contributed by atoms with Crippen molar-refractivity contribution < 1.29 is 13.2 Å². The molecule has 0 aliphatic heterocycles. The van der Waals surface area contributed by atoms with Gasteiger partial charge in [-0.3, -0.25) is 4.79 Å². The molecule has 20 heavy (non-hydrogen) atoms. The van der Waals surface area contributed by atoms with E-state index in [1.807, 2.05) is 6.41 Å². The first kappa shape index (κ1) is 15.0. The quantitative estimate of drug-likeness (QED) is 0.837. The molecule has 0 saturated heterocycles. The van der Waals surface area contributed by atoms with Gasteiger partial charge in [-0.1, -0.05) is 31.4 Å². The van der Waals surface area contributed by atoms with E-state index < -0.39 is 10.0 Å². The van der Waals surface area contributed by atoms with E-state index in [0.29, 0.717) is 6.54 Å². The van der Waals surface area contributed by atoms with Crippen molar-refractivity contribution in [1.29, 1.82) is 0 Å². The van der Waals surface area contributed by atoms with E-state index in [0.717, 1.165) is 31.2 Å². The molecule has 1 saturated carbocycles. The predicted octanol–water partition coefficient (Wildman–Crippen LogP) is 1.54. The van der Waals surface area contributed by atoms with Gasteiger partial charge in [-0.25, -0.2) is 13.6 Å². The minimum absolute atomic E-state index is 0.0838. The van der Waals surface area contributed by atoms with Crippen LogP contribution in [0.5, 0.6) is 0 Å². The lowest BCUT2D eigenvalue weighted by atomic mass is 9.94. The van der Waals surface area contributed by atoms with Gasteiger partial charge in [-0.2, -0.15) is 0 Å². The number of hydrogen-bond acceptors (Lipinski definition) is 3. The molecule has 1 fully saturated rings. The van der Waals surface area contributed by atoms with Crippen LogP contribution < -0.4 is 5.14 Å². The molecule has 1 aromatic rings. The van der Waals surface area contributed by atoms with Gasteiger partial charge in [-0.15, -0.1) is 0 Å². The van der Waals surface area contributed by atoms with Gasteiger partial charge in [0.1, 0.15) is 0 Å². The number of nitrogens with two attached hydrogens (primary N) is 1. The fourth-order valence-corrected chi connectivity index (χ4v) is 3.13. The summed E-state index contributed by atoms with van der Waals surface area (Å²) in [4.78, 5) is 12.9. The van der Waals surface area contributed by atoms with Crippen molar-refractivity contribution >= 4 is 16.4 Å². The summed E-state index contributed by atoms with van der Waals surface area (Å²) in [5.74, 6) is 0. The Labute approximate surface area is 119 Å². The van der Waals surface area contributed by atoms with Crippen molar-refractivity contribution in [2.24, 2.45) is 5.14 Å². The molecule has 2 rings (SSSR count). The molecular weight excluding hydrogens is 276 g/mol. The van der Waals surface area contributed by atoms with Crippen molar-refractivity contribution in [3.8, 4) is 0 Å². The number of nitrogens with zero attached hydrogens (tertiary/aromatic N) is 1. The van der Waals surface area contributed by atoms with E-state index in [1.165, 1.54) is 18.6 Å². The summed E-state index contributed by atoms with van der Waals surface area (Å²) in [6.45, 7) is 0.457. The third-order valence-corrected chi connectivity index (χ3v) is 4.67. The van der Waals surface area contributed by atoms with Crippen LogP contribution in [0.4, 0.5) is 0 Å². The molecule has 1 radical (unpaired) electrons. The normalized spacial score (nSPS) is 16.9. The summed E-state index contributed by atoms with van der Waals surface area (Å²) in [7, 11) is -3.67. The van der Waals surface area contributed by atoms with E-state index in [4.69, 9.17) is 5.14 Å². The summed E-state index contributed by atoms with van der Waals surface area (Å²) in [6, 6.07) is 6.56. The number of carbonyl (C=O) groups excluding carboxylic acids is 1. The highest BCUT2D eigenvalue weighted by Crippen LogP contribution is 2.23. The largest absolute Gasteiger partial charge is 0.327 e. The molecule has 0 atom stereocenters. The molecular formula is C14H19N2O3S. The molecule has 2 N–H and O–H groups in total. The molecule has 0 unspecified atom stereocenters.